The first-order chi connectivity index (χ1) is 13.2. The van der Waals surface area contributed by atoms with Gasteiger partial charge in [-0.25, -0.2) is 9.78 Å². The first-order valence-electron chi connectivity index (χ1n) is 8.51. The normalized spacial score (nSPS) is 11.3. The van der Waals surface area contributed by atoms with Gasteiger partial charge in [0.15, 0.2) is 0 Å². The number of carbonyl (C=O) groups is 1. The number of hydrogen-bond donors (Lipinski definition) is 2. The number of esters is 1. The van der Waals surface area contributed by atoms with Gasteiger partial charge in [-0.2, -0.15) is 5.10 Å². The predicted octanol–water partition coefficient (Wildman–Crippen LogP) is 4.26. The Morgan fingerprint density at radius 2 is 2.00 bits per heavy atom. The summed E-state index contributed by atoms with van der Waals surface area (Å²) in [6, 6.07) is 15.4. The zero-order valence-corrected chi connectivity index (χ0v) is 15.0. The predicted molar refractivity (Wildman–Crippen MR) is 107 cm³/mol. The number of carbonyl (C=O) groups excluding carboxylic acids is 1. The highest BCUT2D eigenvalue weighted by atomic mass is 16.5. The van der Waals surface area contributed by atoms with Crippen LogP contribution in [0.15, 0.2) is 59.8 Å². The Morgan fingerprint density at radius 3 is 2.85 bits per heavy atom. The van der Waals surface area contributed by atoms with E-state index in [-0.39, 0.29) is 5.97 Å². The summed E-state index contributed by atoms with van der Waals surface area (Å²) in [5, 5.41) is 6.32. The highest BCUT2D eigenvalue weighted by Crippen LogP contribution is 2.22. The van der Waals surface area contributed by atoms with Crippen molar-refractivity contribution in [1.29, 1.82) is 0 Å². The molecule has 0 unspecified atom stereocenters. The maximum absolute atomic E-state index is 11.9. The summed E-state index contributed by atoms with van der Waals surface area (Å²) in [4.78, 5) is 19.6. The molecular formula is C21H18N4O2. The monoisotopic (exact) mass is 358 g/mol. The fourth-order valence-corrected chi connectivity index (χ4v) is 3.14. The number of anilines is 1. The van der Waals surface area contributed by atoms with Crippen LogP contribution >= 0.6 is 0 Å². The van der Waals surface area contributed by atoms with Gasteiger partial charge < -0.3 is 9.72 Å². The largest absolute Gasteiger partial charge is 0.465 e. The Labute approximate surface area is 155 Å². The van der Waals surface area contributed by atoms with Gasteiger partial charge in [0.25, 0.3) is 0 Å². The molecule has 2 aromatic carbocycles. The number of hydrazone groups is 1. The number of H-pyrrole nitrogens is 1. The molecule has 0 amide bonds. The lowest BCUT2D eigenvalue weighted by atomic mass is 10.1. The lowest BCUT2D eigenvalue weighted by molar-refractivity contribution is 0.0603. The molecule has 2 aromatic heterocycles. The van der Waals surface area contributed by atoms with Crippen molar-refractivity contribution in [3.63, 3.8) is 0 Å². The SMILES string of the molecule is COC(=O)c1cccc2c(/C=N\Nc3cc(C)c4ccccc4n3)c[nH]c12. The number of hydrogen-bond acceptors (Lipinski definition) is 5. The molecule has 0 spiro atoms. The number of aromatic amines is 1. The molecule has 0 radical (unpaired) electrons. The van der Waals surface area contributed by atoms with Crippen LogP contribution in [0.1, 0.15) is 21.5 Å². The van der Waals surface area contributed by atoms with Crippen LogP contribution in [-0.2, 0) is 4.74 Å². The molecule has 0 saturated heterocycles. The number of rotatable bonds is 4. The Hall–Kier alpha value is -3.67. The third-order valence-electron chi connectivity index (χ3n) is 4.46. The van der Waals surface area contributed by atoms with E-state index in [0.717, 1.165) is 32.9 Å². The molecule has 0 aliphatic heterocycles. The lowest BCUT2D eigenvalue weighted by Gasteiger charge is -2.05. The van der Waals surface area contributed by atoms with Crippen molar-refractivity contribution in [1.82, 2.24) is 9.97 Å². The Bertz CT molecular complexity index is 1180. The first-order valence-corrected chi connectivity index (χ1v) is 8.51. The molecule has 27 heavy (non-hydrogen) atoms. The Balaban J connectivity index is 1.61. The van der Waals surface area contributed by atoms with Gasteiger partial charge in [-0.1, -0.05) is 30.3 Å². The molecule has 2 heterocycles. The number of para-hydroxylation sites is 2. The fourth-order valence-electron chi connectivity index (χ4n) is 3.14. The number of fused-ring (bicyclic) bond motifs is 2. The van der Waals surface area contributed by atoms with Gasteiger partial charge in [-0.3, -0.25) is 5.43 Å². The minimum Gasteiger partial charge on any atom is -0.465 e. The Morgan fingerprint density at radius 1 is 1.19 bits per heavy atom. The number of methoxy groups -OCH3 is 1. The summed E-state index contributed by atoms with van der Waals surface area (Å²) in [5.41, 5.74) is 7.12. The van der Waals surface area contributed by atoms with E-state index in [9.17, 15) is 4.79 Å². The molecule has 0 fully saturated rings. The fraction of sp³-hybridized carbons (Fsp3) is 0.0952. The van der Waals surface area contributed by atoms with E-state index in [4.69, 9.17) is 4.74 Å². The Kier molecular flexibility index (Phi) is 4.30. The number of nitrogens with zero attached hydrogens (tertiary/aromatic N) is 2. The highest BCUT2D eigenvalue weighted by molar-refractivity contribution is 6.08. The number of ether oxygens (including phenoxy) is 1. The minimum absolute atomic E-state index is 0.375. The molecule has 2 N–H and O–H groups in total. The molecule has 0 aliphatic rings. The van der Waals surface area contributed by atoms with E-state index >= 15 is 0 Å². The molecule has 4 rings (SSSR count). The maximum Gasteiger partial charge on any atom is 0.339 e. The van der Waals surface area contributed by atoms with Gasteiger partial charge in [0, 0.05) is 22.5 Å². The second-order valence-electron chi connectivity index (χ2n) is 6.18. The van der Waals surface area contributed by atoms with Crippen molar-refractivity contribution in [3.8, 4) is 0 Å². The summed E-state index contributed by atoms with van der Waals surface area (Å²) in [6.45, 7) is 2.05. The number of aromatic nitrogens is 2. The molecule has 4 aromatic rings. The summed E-state index contributed by atoms with van der Waals surface area (Å²) in [7, 11) is 1.37. The molecule has 0 atom stereocenters. The van der Waals surface area contributed by atoms with Crippen molar-refractivity contribution >= 4 is 39.8 Å². The van der Waals surface area contributed by atoms with Gasteiger partial charge >= 0.3 is 5.97 Å². The second-order valence-corrected chi connectivity index (χ2v) is 6.18. The smallest absolute Gasteiger partial charge is 0.339 e. The maximum atomic E-state index is 11.9. The standard InChI is InChI=1S/C21H18N4O2/c1-13-10-19(24-18-9-4-3-6-15(13)18)25-23-12-14-11-22-20-16(14)7-5-8-17(20)21(26)27-2/h3-12,22H,1-2H3,(H,24,25)/b23-12-. The summed E-state index contributed by atoms with van der Waals surface area (Å²) >= 11 is 0. The molecule has 0 saturated carbocycles. The van der Waals surface area contributed by atoms with Crippen LogP contribution in [0.25, 0.3) is 21.8 Å². The van der Waals surface area contributed by atoms with Crippen molar-refractivity contribution in [3.05, 3.63) is 71.4 Å². The van der Waals surface area contributed by atoms with Crippen LogP contribution in [0, 0.1) is 6.92 Å². The molecule has 0 aliphatic carbocycles. The average molecular weight is 358 g/mol. The number of aryl methyl sites for hydroxylation is 1. The summed E-state index contributed by atoms with van der Waals surface area (Å²) in [6.07, 6.45) is 3.51. The zero-order chi connectivity index (χ0) is 18.8. The van der Waals surface area contributed by atoms with Crippen LogP contribution in [-0.4, -0.2) is 29.3 Å². The van der Waals surface area contributed by atoms with Gasteiger partial charge in [0.2, 0.25) is 0 Å². The quantitative estimate of drug-likeness (QED) is 0.325. The third kappa shape index (κ3) is 3.13. The van der Waals surface area contributed by atoms with Crippen LogP contribution in [0.3, 0.4) is 0 Å². The third-order valence-corrected chi connectivity index (χ3v) is 4.46. The van der Waals surface area contributed by atoms with E-state index < -0.39 is 0 Å². The summed E-state index contributed by atoms with van der Waals surface area (Å²) in [5.74, 6) is 0.303. The van der Waals surface area contributed by atoms with Crippen molar-refractivity contribution in [2.24, 2.45) is 5.10 Å². The minimum atomic E-state index is -0.375. The number of pyridine rings is 1. The van der Waals surface area contributed by atoms with E-state index in [2.05, 4.69) is 26.6 Å². The molecule has 134 valence electrons. The lowest BCUT2D eigenvalue weighted by Crippen LogP contribution is -2.01. The second kappa shape index (κ2) is 6.92. The van der Waals surface area contributed by atoms with Crippen LogP contribution < -0.4 is 5.43 Å². The van der Waals surface area contributed by atoms with Crippen LogP contribution in [0.5, 0.6) is 0 Å². The molecular weight excluding hydrogens is 340 g/mol. The van der Waals surface area contributed by atoms with Gasteiger partial charge in [0.05, 0.1) is 29.9 Å². The van der Waals surface area contributed by atoms with Crippen LogP contribution in [0.2, 0.25) is 0 Å². The summed E-state index contributed by atoms with van der Waals surface area (Å²) < 4.78 is 4.83. The molecule has 6 nitrogen and oxygen atoms in total. The zero-order valence-electron chi connectivity index (χ0n) is 15.0. The van der Waals surface area contributed by atoms with E-state index in [1.54, 1.807) is 18.5 Å². The van der Waals surface area contributed by atoms with Gasteiger partial charge in [-0.15, -0.1) is 0 Å². The molecule has 0 bridgehead atoms. The van der Waals surface area contributed by atoms with Crippen LogP contribution in [0.4, 0.5) is 5.82 Å². The first kappa shape index (κ1) is 16.8. The van der Waals surface area contributed by atoms with Gasteiger partial charge in [0.1, 0.15) is 5.82 Å². The van der Waals surface area contributed by atoms with Crippen molar-refractivity contribution in [2.75, 3.05) is 12.5 Å². The van der Waals surface area contributed by atoms with E-state index in [1.807, 2.05) is 43.3 Å². The van der Waals surface area contributed by atoms with Crippen molar-refractivity contribution < 1.29 is 9.53 Å². The van der Waals surface area contributed by atoms with E-state index in [1.165, 1.54) is 7.11 Å². The molecule has 6 heteroatoms. The van der Waals surface area contributed by atoms with Gasteiger partial charge in [-0.05, 0) is 30.7 Å². The van der Waals surface area contributed by atoms with Crippen molar-refractivity contribution in [2.45, 2.75) is 6.92 Å². The highest BCUT2D eigenvalue weighted by Gasteiger charge is 2.12. The number of nitrogens with one attached hydrogen (secondary N) is 2. The number of benzene rings is 2. The van der Waals surface area contributed by atoms with E-state index in [0.29, 0.717) is 11.4 Å². The topological polar surface area (TPSA) is 79.4 Å². The average Bonchev–Trinajstić information content (AvgIpc) is 3.11.